The molecule has 2 unspecified atom stereocenters. The van der Waals surface area contributed by atoms with Gasteiger partial charge in [-0.15, -0.1) is 0 Å². The molecule has 0 spiro atoms. The van der Waals surface area contributed by atoms with Crippen molar-refractivity contribution in [1.82, 2.24) is 40.8 Å². The summed E-state index contributed by atoms with van der Waals surface area (Å²) in [6.45, 7) is 6.25. The Balaban J connectivity index is 1.31. The van der Waals surface area contributed by atoms with Gasteiger partial charge in [-0.1, -0.05) is 12.1 Å². The summed E-state index contributed by atoms with van der Waals surface area (Å²) in [5.41, 5.74) is 1.04. The fourth-order valence-electron chi connectivity index (χ4n) is 5.44. The Labute approximate surface area is 307 Å². The minimum atomic E-state index is -1.32. The number of aliphatic hydroxyl groups is 2. The molecular formula is C34H51N9O10. The summed E-state index contributed by atoms with van der Waals surface area (Å²) in [5, 5.41) is 32.3. The van der Waals surface area contributed by atoms with Gasteiger partial charge in [0.15, 0.2) is 23.2 Å². The second-order valence-electron chi connectivity index (χ2n) is 13.3. The Kier molecular flexibility index (Phi) is 14.9. The van der Waals surface area contributed by atoms with E-state index in [2.05, 4.69) is 36.2 Å². The van der Waals surface area contributed by atoms with Crippen LogP contribution in [0.2, 0.25) is 0 Å². The average molecular weight is 746 g/mol. The molecule has 1 aromatic carbocycles. The van der Waals surface area contributed by atoms with Crippen LogP contribution in [0.3, 0.4) is 0 Å². The van der Waals surface area contributed by atoms with Crippen molar-refractivity contribution >= 4 is 35.0 Å². The molecule has 1 saturated heterocycles. The van der Waals surface area contributed by atoms with Crippen LogP contribution in [-0.4, -0.2) is 145 Å². The number of alkyl carbamates (subject to hydrolysis) is 1. The Hall–Kier alpha value is -4.82. The average Bonchev–Trinajstić information content (AvgIpc) is 3.68. The second kappa shape index (κ2) is 19.3. The maximum Gasteiger partial charge on any atom is 0.407 e. The highest BCUT2D eigenvalue weighted by molar-refractivity contribution is 5.87. The molecule has 2 aromatic heterocycles. The number of rotatable bonds is 18. The third-order valence-electron chi connectivity index (χ3n) is 7.94. The molecule has 0 radical (unpaired) electrons. The lowest BCUT2D eigenvalue weighted by Gasteiger charge is -2.25. The summed E-state index contributed by atoms with van der Waals surface area (Å²) >= 11 is 0. The Morgan fingerprint density at radius 3 is 2.30 bits per heavy atom. The highest BCUT2D eigenvalue weighted by atomic mass is 16.6. The zero-order chi connectivity index (χ0) is 38.5. The number of ether oxygens (including phenoxy) is 5. The zero-order valence-corrected chi connectivity index (χ0v) is 30.9. The SMILES string of the molecule is COc1ccc(C[C@H](NC(=O)NCCOCCOCCNC(=O)OC(C)(C)C)C(=O)NC2C(O)[C@H](n3cnc4c(N(C)C)ncnc43)O[C@@H]2CO)cc1. The van der Waals surface area contributed by atoms with Gasteiger partial charge < -0.3 is 60.1 Å². The van der Waals surface area contributed by atoms with Gasteiger partial charge >= 0.3 is 12.1 Å². The lowest BCUT2D eigenvalue weighted by Crippen LogP contribution is -2.57. The molecule has 4 rings (SSSR count). The Bertz CT molecular complexity index is 1630. The van der Waals surface area contributed by atoms with Crippen LogP contribution in [0, 0.1) is 0 Å². The van der Waals surface area contributed by atoms with E-state index in [9.17, 15) is 24.6 Å². The molecule has 4 amide bonds. The lowest BCUT2D eigenvalue weighted by atomic mass is 10.0. The summed E-state index contributed by atoms with van der Waals surface area (Å²) < 4.78 is 28.9. The van der Waals surface area contributed by atoms with E-state index >= 15 is 0 Å². The van der Waals surface area contributed by atoms with Gasteiger partial charge in [-0.2, -0.15) is 0 Å². The minimum absolute atomic E-state index is 0.104. The Morgan fingerprint density at radius 2 is 1.68 bits per heavy atom. The van der Waals surface area contributed by atoms with Crippen LogP contribution in [0.25, 0.3) is 11.2 Å². The van der Waals surface area contributed by atoms with Crippen molar-refractivity contribution in [3.8, 4) is 5.75 Å². The van der Waals surface area contributed by atoms with Crippen LogP contribution in [0.1, 0.15) is 32.6 Å². The molecule has 53 heavy (non-hydrogen) atoms. The molecule has 19 nitrogen and oxygen atoms in total. The summed E-state index contributed by atoms with van der Waals surface area (Å²) in [6.07, 6.45) is -0.921. The van der Waals surface area contributed by atoms with Crippen LogP contribution >= 0.6 is 0 Å². The van der Waals surface area contributed by atoms with Crippen molar-refractivity contribution in [2.45, 2.75) is 63.3 Å². The monoisotopic (exact) mass is 745 g/mol. The van der Waals surface area contributed by atoms with Crippen molar-refractivity contribution in [3.05, 3.63) is 42.5 Å². The van der Waals surface area contributed by atoms with Gasteiger partial charge in [0, 0.05) is 33.6 Å². The number of aliphatic hydroxyl groups excluding tert-OH is 2. The smallest absolute Gasteiger partial charge is 0.407 e. The number of methoxy groups -OCH3 is 1. The largest absolute Gasteiger partial charge is 0.497 e. The number of carbonyl (C=O) groups excluding carboxylic acids is 3. The highest BCUT2D eigenvalue weighted by Gasteiger charge is 2.46. The van der Waals surface area contributed by atoms with Gasteiger partial charge in [-0.05, 0) is 38.5 Å². The molecule has 1 fully saturated rings. The fraction of sp³-hybridized carbons (Fsp3) is 0.588. The predicted molar refractivity (Wildman–Crippen MR) is 191 cm³/mol. The maximum atomic E-state index is 13.8. The number of nitrogens with zero attached hydrogens (tertiary/aromatic N) is 5. The van der Waals surface area contributed by atoms with E-state index in [-0.39, 0.29) is 45.9 Å². The first-order valence-electron chi connectivity index (χ1n) is 17.2. The first-order chi connectivity index (χ1) is 25.3. The van der Waals surface area contributed by atoms with Crippen LogP contribution < -0.4 is 30.9 Å². The van der Waals surface area contributed by atoms with Crippen LogP contribution in [0.15, 0.2) is 36.9 Å². The molecule has 1 aliphatic heterocycles. The number of hydrogen-bond acceptors (Lipinski definition) is 14. The maximum absolute atomic E-state index is 13.8. The molecule has 1 aliphatic rings. The van der Waals surface area contributed by atoms with E-state index in [4.69, 9.17) is 23.7 Å². The highest BCUT2D eigenvalue weighted by Crippen LogP contribution is 2.32. The number of carbonyl (C=O) groups is 3. The van der Waals surface area contributed by atoms with Crippen molar-refractivity contribution in [2.75, 3.05) is 72.2 Å². The molecule has 0 saturated carbocycles. The number of fused-ring (bicyclic) bond motifs is 1. The van der Waals surface area contributed by atoms with Gasteiger partial charge in [0.2, 0.25) is 5.91 Å². The lowest BCUT2D eigenvalue weighted by molar-refractivity contribution is -0.124. The number of imidazole rings is 1. The molecule has 3 aromatic rings. The number of hydrogen-bond donors (Lipinski definition) is 6. The fourth-order valence-corrected chi connectivity index (χ4v) is 5.44. The first kappa shape index (κ1) is 40.9. The van der Waals surface area contributed by atoms with E-state index in [0.29, 0.717) is 22.7 Å². The number of nitrogens with one attached hydrogen (secondary N) is 4. The molecular weight excluding hydrogens is 694 g/mol. The van der Waals surface area contributed by atoms with Gasteiger partial charge in [-0.25, -0.2) is 24.5 Å². The first-order valence-corrected chi connectivity index (χ1v) is 17.2. The predicted octanol–water partition coefficient (Wildman–Crippen LogP) is 0.105. The van der Waals surface area contributed by atoms with E-state index in [0.717, 1.165) is 5.56 Å². The molecule has 5 atom stereocenters. The van der Waals surface area contributed by atoms with Crippen molar-refractivity contribution < 1.29 is 48.3 Å². The number of urea groups is 1. The van der Waals surface area contributed by atoms with E-state index < -0.39 is 60.8 Å². The summed E-state index contributed by atoms with van der Waals surface area (Å²) in [4.78, 5) is 53.1. The number of anilines is 1. The molecule has 6 N–H and O–H groups in total. The van der Waals surface area contributed by atoms with Gasteiger partial charge in [0.05, 0.1) is 52.5 Å². The minimum Gasteiger partial charge on any atom is -0.497 e. The van der Waals surface area contributed by atoms with Crippen molar-refractivity contribution in [3.63, 3.8) is 0 Å². The second-order valence-corrected chi connectivity index (χ2v) is 13.3. The molecule has 3 heterocycles. The summed E-state index contributed by atoms with van der Waals surface area (Å²) in [6, 6.07) is 4.29. The summed E-state index contributed by atoms with van der Waals surface area (Å²) in [5.74, 6) is 0.587. The molecule has 292 valence electrons. The third-order valence-corrected chi connectivity index (χ3v) is 7.94. The number of benzene rings is 1. The van der Waals surface area contributed by atoms with E-state index in [1.165, 1.54) is 17.2 Å². The van der Waals surface area contributed by atoms with Crippen LogP contribution in [0.5, 0.6) is 5.75 Å². The third kappa shape index (κ3) is 11.8. The van der Waals surface area contributed by atoms with Gasteiger partial charge in [0.25, 0.3) is 0 Å². The van der Waals surface area contributed by atoms with Crippen LogP contribution in [0.4, 0.5) is 15.4 Å². The molecule has 19 heteroatoms. The topological polar surface area (TPSA) is 233 Å². The molecule has 0 aliphatic carbocycles. The normalized spacial score (nSPS) is 19.0. The van der Waals surface area contributed by atoms with Crippen molar-refractivity contribution in [2.24, 2.45) is 0 Å². The zero-order valence-electron chi connectivity index (χ0n) is 30.9. The van der Waals surface area contributed by atoms with Gasteiger partial charge in [-0.3, -0.25) is 9.36 Å². The quantitative estimate of drug-likeness (QED) is 0.0950. The van der Waals surface area contributed by atoms with E-state index in [1.54, 1.807) is 57.0 Å². The summed E-state index contributed by atoms with van der Waals surface area (Å²) in [7, 11) is 5.17. The van der Waals surface area contributed by atoms with Gasteiger partial charge in [0.1, 0.15) is 35.9 Å². The Morgan fingerprint density at radius 1 is 1.00 bits per heavy atom. The standard InChI is InChI=1S/C34H51N9O10/c1-34(2,3)53-33(48)36-12-14-51-16-15-50-13-11-35-32(47)40-23(17-21-7-9-22(49-6)10-8-21)30(46)41-25-24(18-44)52-31(27(25)45)43-20-39-26-28(42(4)5)37-19-38-29(26)43/h7-10,19-20,23-25,27,31,44-45H,11-18H2,1-6H3,(H,36,48)(H,41,46)(H2,35,40,47)/t23-,24+,25?,27?,31+/m0/s1. The van der Waals surface area contributed by atoms with E-state index in [1.807, 2.05) is 14.1 Å². The number of aromatic nitrogens is 4. The number of amides is 4. The van der Waals surface area contributed by atoms with Crippen molar-refractivity contribution in [1.29, 1.82) is 0 Å². The van der Waals surface area contributed by atoms with Crippen LogP contribution in [-0.2, 0) is 30.2 Å². The molecule has 0 bridgehead atoms.